The van der Waals surface area contributed by atoms with Crippen molar-refractivity contribution in [2.45, 2.75) is 24.3 Å². The second-order valence-corrected chi connectivity index (χ2v) is 9.75. The number of nitriles is 1. The smallest absolute Gasteiger partial charge is 0.224 e. The number of nitrogens with one attached hydrogen (secondary N) is 2. The summed E-state index contributed by atoms with van der Waals surface area (Å²) in [5, 5.41) is 17.7. The molecule has 1 aliphatic rings. The number of halogens is 2. The fourth-order valence-corrected chi connectivity index (χ4v) is 5.77. The highest BCUT2D eigenvalue weighted by Gasteiger charge is 2.30. The van der Waals surface area contributed by atoms with Gasteiger partial charge in [-0.15, -0.1) is 11.8 Å². The lowest BCUT2D eigenvalue weighted by Crippen LogP contribution is -2.28. The molecule has 4 rings (SSSR count). The van der Waals surface area contributed by atoms with E-state index in [1.165, 1.54) is 0 Å². The molecule has 0 radical (unpaired) electrons. The third-order valence-corrected chi connectivity index (χ3v) is 7.75. The number of anilines is 1. The van der Waals surface area contributed by atoms with Crippen molar-refractivity contribution >= 4 is 51.8 Å². The van der Waals surface area contributed by atoms with Crippen LogP contribution in [-0.2, 0) is 0 Å². The van der Waals surface area contributed by atoms with Gasteiger partial charge in [-0.25, -0.2) is 9.97 Å². The normalized spacial score (nSPS) is 18.5. The van der Waals surface area contributed by atoms with Crippen LogP contribution in [0.1, 0.15) is 12.8 Å². The zero-order valence-corrected chi connectivity index (χ0v) is 21.4. The molecular weight excluding hydrogens is 493 g/mol. The van der Waals surface area contributed by atoms with Gasteiger partial charge in [-0.3, -0.25) is 0 Å². The second-order valence-electron chi connectivity index (χ2n) is 8.02. The predicted octanol–water partition coefficient (Wildman–Crippen LogP) is 5.61. The maximum Gasteiger partial charge on any atom is 0.224 e. The molecule has 0 bridgehead atoms. The van der Waals surface area contributed by atoms with Gasteiger partial charge in [0.05, 0.1) is 47.6 Å². The molecule has 7 nitrogen and oxygen atoms in total. The highest BCUT2D eigenvalue weighted by Crippen LogP contribution is 2.46. The Kier molecular flexibility index (Phi) is 7.89. The maximum absolute atomic E-state index is 8.96. The quantitative estimate of drug-likeness (QED) is 0.372. The van der Waals surface area contributed by atoms with Gasteiger partial charge >= 0.3 is 0 Å². The Morgan fingerprint density at radius 3 is 2.62 bits per heavy atom. The van der Waals surface area contributed by atoms with E-state index in [0.717, 1.165) is 29.4 Å². The molecule has 0 aliphatic carbocycles. The molecule has 2 N–H and O–H groups in total. The van der Waals surface area contributed by atoms with Crippen molar-refractivity contribution in [1.29, 1.82) is 5.26 Å². The van der Waals surface area contributed by atoms with Crippen molar-refractivity contribution in [3.05, 3.63) is 40.5 Å². The molecule has 3 atom stereocenters. The number of aromatic nitrogens is 2. The number of rotatable bonds is 8. The van der Waals surface area contributed by atoms with Crippen LogP contribution in [0.4, 0.5) is 5.95 Å². The number of thioether (sulfide) groups is 1. The van der Waals surface area contributed by atoms with Crippen molar-refractivity contribution < 1.29 is 9.47 Å². The topological polar surface area (TPSA) is 92.1 Å². The van der Waals surface area contributed by atoms with Crippen molar-refractivity contribution in [2.75, 3.05) is 32.3 Å². The molecule has 10 heteroatoms. The molecule has 34 heavy (non-hydrogen) atoms. The third-order valence-electron chi connectivity index (χ3n) is 5.99. The average molecular weight is 518 g/mol. The molecule has 1 aromatic heterocycles. The van der Waals surface area contributed by atoms with Crippen LogP contribution < -0.4 is 20.1 Å². The first-order valence-corrected chi connectivity index (χ1v) is 12.8. The summed E-state index contributed by atoms with van der Waals surface area (Å²) in [6.07, 6.45) is 5.34. The van der Waals surface area contributed by atoms with Gasteiger partial charge in [-0.05, 0) is 30.4 Å². The van der Waals surface area contributed by atoms with Crippen LogP contribution in [0.15, 0.2) is 30.5 Å². The molecule has 1 saturated heterocycles. The van der Waals surface area contributed by atoms with Crippen LogP contribution in [0, 0.1) is 17.2 Å². The first-order valence-electron chi connectivity index (χ1n) is 10.8. The number of hydrogen-bond donors (Lipinski definition) is 2. The standard InChI is InChI=1S/C24H25Cl2N5O2S/c1-32-18-10-19(33-2)22(26)20(21(18)25)13-4-5-17-14(8-13)11-29-24(30-17)31-23(34-3)15-9-16(6-7-27)28-12-15/h4-5,8,10-11,15-16,23,28H,6,9,12H2,1-3H3,(H,29,30,31). The molecule has 0 amide bonds. The van der Waals surface area contributed by atoms with Crippen LogP contribution >= 0.6 is 35.0 Å². The third kappa shape index (κ3) is 4.98. The summed E-state index contributed by atoms with van der Waals surface area (Å²) in [5.74, 6) is 1.93. The molecule has 3 aromatic rings. The van der Waals surface area contributed by atoms with Gasteiger partial charge in [0.2, 0.25) is 5.95 Å². The van der Waals surface area contributed by atoms with E-state index in [2.05, 4.69) is 27.9 Å². The Balaban J connectivity index is 1.60. The van der Waals surface area contributed by atoms with Gasteiger partial charge in [-0.1, -0.05) is 29.3 Å². The van der Waals surface area contributed by atoms with E-state index >= 15 is 0 Å². The largest absolute Gasteiger partial charge is 0.495 e. The first kappa shape index (κ1) is 24.7. The molecule has 0 saturated carbocycles. The number of fused-ring (bicyclic) bond motifs is 1. The molecule has 3 unspecified atom stereocenters. The van der Waals surface area contributed by atoms with E-state index in [1.807, 2.05) is 18.2 Å². The second kappa shape index (κ2) is 10.9. The lowest BCUT2D eigenvalue weighted by Gasteiger charge is -2.22. The van der Waals surface area contributed by atoms with E-state index in [0.29, 0.717) is 45.4 Å². The van der Waals surface area contributed by atoms with E-state index < -0.39 is 0 Å². The van der Waals surface area contributed by atoms with Crippen LogP contribution in [0.25, 0.3) is 22.0 Å². The molecular formula is C24H25Cl2N5O2S. The highest BCUT2D eigenvalue weighted by atomic mass is 35.5. The van der Waals surface area contributed by atoms with Crippen LogP contribution in [0.3, 0.4) is 0 Å². The summed E-state index contributed by atoms with van der Waals surface area (Å²) in [6, 6.07) is 9.95. The van der Waals surface area contributed by atoms with Gasteiger partial charge in [0.1, 0.15) is 11.5 Å². The van der Waals surface area contributed by atoms with Crippen LogP contribution in [0.2, 0.25) is 10.0 Å². The minimum Gasteiger partial charge on any atom is -0.495 e. The van der Waals surface area contributed by atoms with E-state index in [9.17, 15) is 0 Å². The molecule has 2 aromatic carbocycles. The molecule has 178 valence electrons. The van der Waals surface area contributed by atoms with Gasteiger partial charge in [0, 0.05) is 41.7 Å². The molecule has 1 fully saturated rings. The minimum atomic E-state index is 0.148. The van der Waals surface area contributed by atoms with Crippen molar-refractivity contribution in [3.63, 3.8) is 0 Å². The average Bonchev–Trinajstić information content (AvgIpc) is 3.31. The first-order chi connectivity index (χ1) is 16.5. The Morgan fingerprint density at radius 2 is 1.97 bits per heavy atom. The number of methoxy groups -OCH3 is 2. The maximum atomic E-state index is 8.96. The van der Waals surface area contributed by atoms with Crippen LogP contribution in [0.5, 0.6) is 11.5 Å². The van der Waals surface area contributed by atoms with Gasteiger partial charge in [0.25, 0.3) is 0 Å². The number of hydrogen-bond acceptors (Lipinski definition) is 8. The zero-order chi connectivity index (χ0) is 24.2. The van der Waals surface area contributed by atoms with Gasteiger partial charge < -0.3 is 20.1 Å². The number of nitrogens with zero attached hydrogens (tertiary/aromatic N) is 3. The van der Waals surface area contributed by atoms with Crippen molar-refractivity contribution in [2.24, 2.45) is 5.92 Å². The fourth-order valence-electron chi connectivity index (χ4n) is 4.24. The Morgan fingerprint density at radius 1 is 1.24 bits per heavy atom. The Labute approximate surface area is 213 Å². The number of benzene rings is 2. The van der Waals surface area contributed by atoms with Crippen LogP contribution in [-0.4, -0.2) is 48.4 Å². The summed E-state index contributed by atoms with van der Waals surface area (Å²) in [7, 11) is 3.10. The van der Waals surface area contributed by atoms with Crippen molar-refractivity contribution in [3.8, 4) is 28.7 Å². The van der Waals surface area contributed by atoms with E-state index in [4.69, 9.17) is 42.9 Å². The Hall–Kier alpha value is -2.44. The lowest BCUT2D eigenvalue weighted by atomic mass is 10.0. The van der Waals surface area contributed by atoms with E-state index in [-0.39, 0.29) is 11.4 Å². The summed E-state index contributed by atoms with van der Waals surface area (Å²) >= 11 is 14.9. The fraction of sp³-hybridized carbons (Fsp3) is 0.375. The van der Waals surface area contributed by atoms with E-state index in [1.54, 1.807) is 38.2 Å². The Bertz CT molecular complexity index is 1210. The summed E-state index contributed by atoms with van der Waals surface area (Å²) in [4.78, 5) is 9.26. The monoisotopic (exact) mass is 517 g/mol. The summed E-state index contributed by atoms with van der Waals surface area (Å²) in [5.41, 5.74) is 2.24. The molecule has 2 heterocycles. The zero-order valence-electron chi connectivity index (χ0n) is 19.1. The minimum absolute atomic E-state index is 0.148. The molecule has 0 spiro atoms. The highest BCUT2D eigenvalue weighted by molar-refractivity contribution is 7.99. The van der Waals surface area contributed by atoms with Crippen molar-refractivity contribution in [1.82, 2.24) is 15.3 Å². The summed E-state index contributed by atoms with van der Waals surface area (Å²) < 4.78 is 10.8. The summed E-state index contributed by atoms with van der Waals surface area (Å²) in [6.45, 7) is 0.868. The molecule has 1 aliphatic heterocycles. The van der Waals surface area contributed by atoms with Gasteiger partial charge in [-0.2, -0.15) is 5.26 Å². The van der Waals surface area contributed by atoms with Gasteiger partial charge in [0.15, 0.2) is 0 Å². The number of ether oxygens (including phenoxy) is 2. The predicted molar refractivity (Wildman–Crippen MR) is 139 cm³/mol. The lowest BCUT2D eigenvalue weighted by molar-refractivity contribution is 0.395. The SMILES string of the molecule is COc1cc(OC)c(Cl)c(-c2ccc3nc(NC(SC)C4CNC(CC#N)C4)ncc3c2)c1Cl.